The number of piperidine rings is 2. The summed E-state index contributed by atoms with van der Waals surface area (Å²) in [6, 6.07) is 9.04. The molecule has 0 aliphatic carbocycles. The number of para-hydroxylation sites is 1. The molecule has 0 amide bonds. The van der Waals surface area contributed by atoms with Gasteiger partial charge in [-0.15, -0.1) is 0 Å². The van der Waals surface area contributed by atoms with Gasteiger partial charge in [0.05, 0.1) is 12.5 Å². The molecule has 4 heteroatoms. The number of likely N-dealkylation sites (tertiary alicyclic amines) is 2. The Hall–Kier alpha value is -1.39. The topological polar surface area (TPSA) is 35.6 Å². The van der Waals surface area contributed by atoms with Gasteiger partial charge in [-0.3, -0.25) is 9.69 Å². The highest BCUT2D eigenvalue weighted by molar-refractivity contribution is 5.93. The van der Waals surface area contributed by atoms with Crippen LogP contribution in [0.25, 0.3) is 0 Å². The maximum absolute atomic E-state index is 13.2. The molecule has 3 aliphatic rings. The van der Waals surface area contributed by atoms with E-state index in [4.69, 9.17) is 0 Å². The number of carbonyl (C=O) groups is 1. The van der Waals surface area contributed by atoms with Crippen LogP contribution in [0, 0.1) is 0 Å². The van der Waals surface area contributed by atoms with Crippen molar-refractivity contribution in [2.75, 3.05) is 38.0 Å². The van der Waals surface area contributed by atoms with Gasteiger partial charge in [0, 0.05) is 30.4 Å². The van der Waals surface area contributed by atoms with E-state index in [0.717, 1.165) is 24.8 Å². The highest BCUT2D eigenvalue weighted by Crippen LogP contribution is 2.43. The van der Waals surface area contributed by atoms with Crippen LogP contribution in [0.5, 0.6) is 0 Å². The average Bonchev–Trinajstić information content (AvgIpc) is 2.92. The van der Waals surface area contributed by atoms with Crippen molar-refractivity contribution < 1.29 is 4.79 Å². The molecular formula is C22H33N3O. The summed E-state index contributed by atoms with van der Waals surface area (Å²) in [5.41, 5.74) is 2.10. The molecule has 0 bridgehead atoms. The molecule has 1 N–H and O–H groups in total. The first-order valence-electron chi connectivity index (χ1n) is 10.4. The molecule has 0 radical (unpaired) electrons. The Labute approximate surface area is 157 Å². The van der Waals surface area contributed by atoms with Crippen molar-refractivity contribution in [1.29, 1.82) is 0 Å². The Morgan fingerprint density at radius 1 is 1.08 bits per heavy atom. The Kier molecular flexibility index (Phi) is 5.07. The zero-order valence-corrected chi connectivity index (χ0v) is 16.3. The lowest BCUT2D eigenvalue weighted by Gasteiger charge is -2.40. The largest absolute Gasteiger partial charge is 0.379 e. The van der Waals surface area contributed by atoms with Gasteiger partial charge in [-0.25, -0.2) is 0 Å². The molecule has 1 unspecified atom stereocenters. The third kappa shape index (κ3) is 3.54. The number of nitrogens with zero attached hydrogens (tertiary/aromatic N) is 2. The fraction of sp³-hybridized carbons (Fsp3) is 0.682. The lowest BCUT2D eigenvalue weighted by molar-refractivity contribution is -0.122. The Morgan fingerprint density at radius 3 is 2.50 bits per heavy atom. The van der Waals surface area contributed by atoms with Gasteiger partial charge in [0.1, 0.15) is 0 Å². The maximum atomic E-state index is 13.2. The number of hydrogen-bond acceptors (Lipinski definition) is 4. The van der Waals surface area contributed by atoms with E-state index < -0.39 is 0 Å². The molecule has 3 heterocycles. The second-order valence-corrected chi connectivity index (χ2v) is 8.94. The van der Waals surface area contributed by atoms with Crippen molar-refractivity contribution in [3.8, 4) is 0 Å². The molecule has 142 valence electrons. The summed E-state index contributed by atoms with van der Waals surface area (Å²) in [5.74, 6) is 0.322. The summed E-state index contributed by atoms with van der Waals surface area (Å²) < 4.78 is 0. The molecule has 0 aromatic heterocycles. The van der Waals surface area contributed by atoms with Crippen LogP contribution < -0.4 is 5.32 Å². The van der Waals surface area contributed by atoms with Crippen molar-refractivity contribution in [3.05, 3.63) is 29.8 Å². The number of Topliss-reactive ketones (excluding diaryl/α,β-unsaturated/α-hetero) is 1. The number of hydrogen-bond donors (Lipinski definition) is 1. The first-order chi connectivity index (χ1) is 12.5. The summed E-state index contributed by atoms with van der Waals surface area (Å²) in [6.07, 6.45) is 6.56. The van der Waals surface area contributed by atoms with E-state index in [2.05, 4.69) is 41.1 Å². The number of rotatable bonds is 4. The smallest absolute Gasteiger partial charge is 0.156 e. The molecule has 2 fully saturated rings. The van der Waals surface area contributed by atoms with Crippen LogP contribution in [0.2, 0.25) is 0 Å². The van der Waals surface area contributed by atoms with Crippen molar-refractivity contribution in [2.24, 2.45) is 0 Å². The van der Waals surface area contributed by atoms with Gasteiger partial charge < -0.3 is 10.2 Å². The van der Waals surface area contributed by atoms with Crippen molar-refractivity contribution in [3.63, 3.8) is 0 Å². The highest BCUT2D eigenvalue weighted by Gasteiger charge is 2.43. The number of ketones is 1. The molecule has 3 aliphatic heterocycles. The van der Waals surface area contributed by atoms with Gasteiger partial charge >= 0.3 is 0 Å². The van der Waals surface area contributed by atoms with Crippen LogP contribution >= 0.6 is 0 Å². The minimum Gasteiger partial charge on any atom is -0.379 e. The number of carbonyl (C=O) groups excluding carboxylic acids is 1. The van der Waals surface area contributed by atoms with Gasteiger partial charge in [-0.2, -0.15) is 0 Å². The maximum Gasteiger partial charge on any atom is 0.156 e. The van der Waals surface area contributed by atoms with Crippen molar-refractivity contribution >= 4 is 11.5 Å². The molecule has 1 aromatic carbocycles. The van der Waals surface area contributed by atoms with Crippen molar-refractivity contribution in [1.82, 2.24) is 9.80 Å². The lowest BCUT2D eigenvalue weighted by atomic mass is 9.82. The first-order valence-corrected chi connectivity index (χ1v) is 10.4. The molecule has 26 heavy (non-hydrogen) atoms. The number of benzene rings is 1. The first kappa shape index (κ1) is 18.0. The summed E-state index contributed by atoms with van der Waals surface area (Å²) in [6.45, 7) is 9.59. The average molecular weight is 356 g/mol. The zero-order valence-electron chi connectivity index (χ0n) is 16.3. The van der Waals surface area contributed by atoms with Gasteiger partial charge in [0.2, 0.25) is 0 Å². The van der Waals surface area contributed by atoms with E-state index in [-0.39, 0.29) is 11.5 Å². The minimum atomic E-state index is -0.201. The Bertz CT molecular complexity index is 643. The van der Waals surface area contributed by atoms with Crippen molar-refractivity contribution in [2.45, 2.75) is 63.5 Å². The van der Waals surface area contributed by atoms with E-state index in [1.165, 1.54) is 50.8 Å². The predicted octanol–water partition coefficient (Wildman–Crippen LogP) is 3.49. The quantitative estimate of drug-likeness (QED) is 0.897. The van der Waals surface area contributed by atoms with Crippen LogP contribution in [0.15, 0.2) is 24.3 Å². The number of fused-ring (bicyclic) bond motifs is 1. The Balaban J connectivity index is 1.35. The number of nitrogens with one attached hydrogen (secondary N) is 1. The second-order valence-electron chi connectivity index (χ2n) is 8.94. The van der Waals surface area contributed by atoms with Crippen LogP contribution in [0.1, 0.15) is 57.4 Å². The fourth-order valence-corrected chi connectivity index (χ4v) is 5.28. The standard InChI is InChI=1S/C22H33N3O/c1-22(2)21(18-8-4-5-9-19(18)23-22)20(26)16-24-14-10-17(11-15-24)25-12-6-3-7-13-25/h4-5,8-9,17,21,23H,3,6-7,10-16H2,1-2H3. The summed E-state index contributed by atoms with van der Waals surface area (Å²) >= 11 is 0. The van der Waals surface area contributed by atoms with E-state index in [9.17, 15) is 4.79 Å². The number of anilines is 1. The molecule has 1 aromatic rings. The lowest BCUT2D eigenvalue weighted by Crippen LogP contribution is -2.49. The SMILES string of the molecule is CC1(C)Nc2ccccc2C1C(=O)CN1CCC(N2CCCCC2)CC1. The second kappa shape index (κ2) is 7.32. The van der Waals surface area contributed by atoms with E-state index in [1.54, 1.807) is 0 Å². The molecule has 0 spiro atoms. The molecule has 1 atom stereocenters. The monoisotopic (exact) mass is 355 g/mol. The van der Waals surface area contributed by atoms with E-state index in [1.807, 2.05) is 12.1 Å². The predicted molar refractivity (Wildman–Crippen MR) is 107 cm³/mol. The minimum absolute atomic E-state index is 0.0430. The summed E-state index contributed by atoms with van der Waals surface area (Å²) in [5, 5.41) is 3.55. The Morgan fingerprint density at radius 2 is 1.77 bits per heavy atom. The fourth-order valence-electron chi connectivity index (χ4n) is 5.28. The third-order valence-corrected chi connectivity index (χ3v) is 6.62. The van der Waals surface area contributed by atoms with Gasteiger partial charge in [0.25, 0.3) is 0 Å². The van der Waals surface area contributed by atoms with E-state index >= 15 is 0 Å². The van der Waals surface area contributed by atoms with Gasteiger partial charge in [-0.1, -0.05) is 24.6 Å². The van der Waals surface area contributed by atoms with Gasteiger partial charge in [-0.05, 0) is 64.3 Å². The molecule has 0 saturated carbocycles. The highest BCUT2D eigenvalue weighted by atomic mass is 16.1. The zero-order chi connectivity index (χ0) is 18.1. The molecule has 4 nitrogen and oxygen atoms in total. The molecule has 4 rings (SSSR count). The van der Waals surface area contributed by atoms with Crippen LogP contribution in [0.4, 0.5) is 5.69 Å². The molecular weight excluding hydrogens is 322 g/mol. The van der Waals surface area contributed by atoms with Gasteiger partial charge in [0.15, 0.2) is 5.78 Å². The van der Waals surface area contributed by atoms with Crippen LogP contribution in [-0.2, 0) is 4.79 Å². The summed E-state index contributed by atoms with van der Waals surface area (Å²) in [7, 11) is 0. The van der Waals surface area contributed by atoms with E-state index in [0.29, 0.717) is 12.3 Å². The van der Waals surface area contributed by atoms with Crippen LogP contribution in [-0.4, -0.2) is 59.9 Å². The third-order valence-electron chi connectivity index (χ3n) is 6.62. The summed E-state index contributed by atoms with van der Waals surface area (Å²) in [4.78, 5) is 18.3. The van der Waals surface area contributed by atoms with Crippen LogP contribution in [0.3, 0.4) is 0 Å². The normalized spacial score (nSPS) is 27.1. The molecule has 2 saturated heterocycles.